The van der Waals surface area contributed by atoms with Gasteiger partial charge in [-0.1, -0.05) is 0 Å². The second kappa shape index (κ2) is 6.41. The van der Waals surface area contributed by atoms with Gasteiger partial charge in [0, 0.05) is 12.2 Å². The molecule has 2 bridgehead atoms. The summed E-state index contributed by atoms with van der Waals surface area (Å²) in [6, 6.07) is 3.91. The van der Waals surface area contributed by atoms with Crippen molar-refractivity contribution in [3.63, 3.8) is 0 Å². The molecule has 2 N–H and O–H groups in total. The summed E-state index contributed by atoms with van der Waals surface area (Å²) in [6.07, 6.45) is 4.98. The van der Waals surface area contributed by atoms with Crippen molar-refractivity contribution in [1.29, 1.82) is 0 Å². The molecule has 3 aliphatic rings. The molecule has 110 valence electrons. The predicted molar refractivity (Wildman–Crippen MR) is 79.3 cm³/mol. The van der Waals surface area contributed by atoms with Crippen molar-refractivity contribution in [2.24, 2.45) is 11.8 Å². The van der Waals surface area contributed by atoms with E-state index >= 15 is 0 Å². The molecule has 5 nitrogen and oxygen atoms in total. The van der Waals surface area contributed by atoms with Gasteiger partial charge < -0.3 is 15.4 Å². The molecule has 2 aliphatic heterocycles. The second-order valence-electron chi connectivity index (χ2n) is 5.34. The molecule has 3 fully saturated rings. The zero-order chi connectivity index (χ0) is 13.2. The average molecular weight is 298 g/mol. The molecule has 0 radical (unpaired) electrons. The highest BCUT2D eigenvalue weighted by Gasteiger charge is 2.39. The van der Waals surface area contributed by atoms with E-state index < -0.39 is 0 Å². The number of ether oxygens (including phenoxy) is 1. The zero-order valence-electron chi connectivity index (χ0n) is 11.5. The van der Waals surface area contributed by atoms with Crippen molar-refractivity contribution >= 4 is 24.1 Å². The Morgan fingerprint density at radius 1 is 1.50 bits per heavy atom. The summed E-state index contributed by atoms with van der Waals surface area (Å²) < 4.78 is 5.20. The summed E-state index contributed by atoms with van der Waals surface area (Å²) in [4.78, 5) is 16.5. The van der Waals surface area contributed by atoms with Crippen LogP contribution in [-0.4, -0.2) is 30.6 Å². The molecule has 1 aromatic rings. The van der Waals surface area contributed by atoms with E-state index in [2.05, 4.69) is 15.6 Å². The van der Waals surface area contributed by atoms with Gasteiger partial charge in [0.05, 0.1) is 13.0 Å². The van der Waals surface area contributed by atoms with Crippen LogP contribution in [0.4, 0.5) is 5.82 Å². The lowest BCUT2D eigenvalue weighted by Gasteiger charge is -2.42. The number of nitrogens with zero attached hydrogens (tertiary/aromatic N) is 1. The van der Waals surface area contributed by atoms with Crippen LogP contribution in [0.25, 0.3) is 0 Å². The summed E-state index contributed by atoms with van der Waals surface area (Å²) in [5.74, 6) is 1.87. The molecule has 1 aromatic heterocycles. The highest BCUT2D eigenvalue weighted by atomic mass is 35.5. The van der Waals surface area contributed by atoms with Crippen LogP contribution >= 0.6 is 12.4 Å². The molecule has 0 spiro atoms. The number of fused-ring (bicyclic) bond motifs is 3. The van der Waals surface area contributed by atoms with Gasteiger partial charge in [0.25, 0.3) is 0 Å². The number of hydrogen-bond donors (Lipinski definition) is 2. The number of pyridine rings is 1. The van der Waals surface area contributed by atoms with Crippen LogP contribution < -0.4 is 15.4 Å². The highest BCUT2D eigenvalue weighted by Crippen LogP contribution is 2.34. The van der Waals surface area contributed by atoms with Crippen molar-refractivity contribution < 1.29 is 9.53 Å². The number of rotatable bonds is 3. The van der Waals surface area contributed by atoms with E-state index in [4.69, 9.17) is 4.74 Å². The van der Waals surface area contributed by atoms with Gasteiger partial charge in [0.1, 0.15) is 0 Å². The van der Waals surface area contributed by atoms with Crippen LogP contribution in [0.1, 0.15) is 19.3 Å². The normalized spacial score (nSPS) is 27.6. The van der Waals surface area contributed by atoms with Crippen LogP contribution in [0, 0.1) is 11.8 Å². The molecule has 4 rings (SSSR count). The minimum absolute atomic E-state index is 0. The number of halogens is 1. The maximum atomic E-state index is 12.4. The van der Waals surface area contributed by atoms with Crippen molar-refractivity contribution in [3.05, 3.63) is 18.3 Å². The number of hydrogen-bond acceptors (Lipinski definition) is 4. The third kappa shape index (κ3) is 2.88. The number of anilines is 1. The van der Waals surface area contributed by atoms with Crippen molar-refractivity contribution in [1.82, 2.24) is 10.3 Å². The lowest BCUT2D eigenvalue weighted by molar-refractivity contribution is -0.123. The standard InChI is InChI=1S/C14H19N3O2.ClH/c1-19-12-3-2-6-15-13(12)17-14(18)10-7-9-4-5-11(10)16-8-9;/h2-3,6,9-11,16H,4-5,7-8H2,1H3,(H,15,17,18);1H/t9-,10-,11+;/m0./s1. The molecular formula is C14H20ClN3O2. The SMILES string of the molecule is COc1cccnc1NC(=O)[C@H]1C[C@@H]2CC[C@H]1NC2.Cl. The quantitative estimate of drug-likeness (QED) is 0.893. The zero-order valence-corrected chi connectivity index (χ0v) is 12.3. The molecule has 2 saturated heterocycles. The Balaban J connectivity index is 0.00000147. The largest absolute Gasteiger partial charge is 0.493 e. The molecule has 0 aromatic carbocycles. The maximum absolute atomic E-state index is 12.4. The second-order valence-corrected chi connectivity index (χ2v) is 5.34. The number of methoxy groups -OCH3 is 1. The highest BCUT2D eigenvalue weighted by molar-refractivity contribution is 5.93. The van der Waals surface area contributed by atoms with Gasteiger partial charge in [-0.25, -0.2) is 4.98 Å². The Morgan fingerprint density at radius 2 is 2.35 bits per heavy atom. The summed E-state index contributed by atoms with van der Waals surface area (Å²) in [7, 11) is 1.58. The first kappa shape index (κ1) is 15.1. The maximum Gasteiger partial charge on any atom is 0.230 e. The van der Waals surface area contributed by atoms with E-state index in [1.54, 1.807) is 25.4 Å². The van der Waals surface area contributed by atoms with Crippen molar-refractivity contribution in [2.75, 3.05) is 19.0 Å². The van der Waals surface area contributed by atoms with Gasteiger partial charge in [-0.3, -0.25) is 4.79 Å². The van der Waals surface area contributed by atoms with Crippen molar-refractivity contribution in [2.45, 2.75) is 25.3 Å². The molecule has 1 amide bonds. The summed E-state index contributed by atoms with van der Waals surface area (Å²) in [5.41, 5.74) is 0. The van der Waals surface area contributed by atoms with Gasteiger partial charge in [-0.2, -0.15) is 0 Å². The van der Waals surface area contributed by atoms with Crippen LogP contribution in [-0.2, 0) is 4.79 Å². The molecule has 3 heterocycles. The lowest BCUT2D eigenvalue weighted by Crippen LogP contribution is -2.53. The number of piperidine rings is 2. The Bertz CT molecular complexity index is 475. The minimum Gasteiger partial charge on any atom is -0.493 e. The van der Waals surface area contributed by atoms with E-state index in [-0.39, 0.29) is 24.2 Å². The number of nitrogens with one attached hydrogen (secondary N) is 2. The molecule has 20 heavy (non-hydrogen) atoms. The smallest absolute Gasteiger partial charge is 0.230 e. The fraction of sp³-hybridized carbons (Fsp3) is 0.571. The van der Waals surface area contributed by atoms with E-state index in [0.717, 1.165) is 19.4 Å². The van der Waals surface area contributed by atoms with Gasteiger partial charge in [-0.15, -0.1) is 12.4 Å². The summed E-state index contributed by atoms with van der Waals surface area (Å²) in [5, 5.41) is 6.35. The predicted octanol–water partition coefficient (Wildman–Crippen LogP) is 1.84. The first-order valence-corrected chi connectivity index (χ1v) is 6.81. The molecule has 3 atom stereocenters. The fourth-order valence-corrected chi connectivity index (χ4v) is 3.15. The van der Waals surface area contributed by atoms with Gasteiger partial charge in [0.15, 0.2) is 11.6 Å². The topological polar surface area (TPSA) is 63.2 Å². The monoisotopic (exact) mass is 297 g/mol. The minimum atomic E-state index is 0. The van der Waals surface area contributed by atoms with E-state index in [1.807, 2.05) is 0 Å². The average Bonchev–Trinajstić information content (AvgIpc) is 2.49. The number of amides is 1. The number of carbonyl (C=O) groups excluding carboxylic acids is 1. The van der Waals surface area contributed by atoms with E-state index in [0.29, 0.717) is 23.5 Å². The van der Waals surface area contributed by atoms with Crippen LogP contribution in [0.2, 0.25) is 0 Å². The Kier molecular flexibility index (Phi) is 4.83. The van der Waals surface area contributed by atoms with Crippen molar-refractivity contribution in [3.8, 4) is 5.75 Å². The van der Waals surface area contributed by atoms with Crippen LogP contribution in [0.3, 0.4) is 0 Å². The fourth-order valence-electron chi connectivity index (χ4n) is 3.15. The first-order chi connectivity index (χ1) is 9.28. The number of aromatic nitrogens is 1. The van der Waals surface area contributed by atoms with Crippen LogP contribution in [0.15, 0.2) is 18.3 Å². The lowest BCUT2D eigenvalue weighted by atomic mass is 9.73. The van der Waals surface area contributed by atoms with E-state index in [9.17, 15) is 4.79 Å². The van der Waals surface area contributed by atoms with Crippen LogP contribution in [0.5, 0.6) is 5.75 Å². The van der Waals surface area contributed by atoms with Gasteiger partial charge in [0.2, 0.25) is 5.91 Å². The van der Waals surface area contributed by atoms with E-state index in [1.165, 1.54) is 6.42 Å². The summed E-state index contributed by atoms with van der Waals surface area (Å²) >= 11 is 0. The third-order valence-electron chi connectivity index (χ3n) is 4.20. The first-order valence-electron chi connectivity index (χ1n) is 6.81. The third-order valence-corrected chi connectivity index (χ3v) is 4.20. The molecular weight excluding hydrogens is 278 g/mol. The summed E-state index contributed by atoms with van der Waals surface area (Å²) in [6.45, 7) is 1.06. The molecule has 6 heteroatoms. The van der Waals surface area contributed by atoms with Gasteiger partial charge >= 0.3 is 0 Å². The number of carbonyl (C=O) groups is 1. The van der Waals surface area contributed by atoms with Gasteiger partial charge in [-0.05, 0) is 43.9 Å². The Labute approximate surface area is 124 Å². The Morgan fingerprint density at radius 3 is 2.95 bits per heavy atom. The molecule has 1 aliphatic carbocycles. The Hall–Kier alpha value is -1.33. The molecule has 1 saturated carbocycles. The molecule has 0 unspecified atom stereocenters.